The smallest absolute Gasteiger partial charge is 0.0738 e. The van der Waals surface area contributed by atoms with Gasteiger partial charge in [0, 0.05) is 19.1 Å². The van der Waals surface area contributed by atoms with E-state index in [1.165, 1.54) is 17.7 Å². The molecule has 106 valence electrons. The fourth-order valence-electron chi connectivity index (χ4n) is 2.98. The van der Waals surface area contributed by atoms with Crippen LogP contribution in [-0.4, -0.2) is 25.9 Å². The predicted octanol–water partition coefficient (Wildman–Crippen LogP) is 2.71. The number of fused-ring (bicyclic) bond motifs is 1. The van der Waals surface area contributed by atoms with Crippen molar-refractivity contribution in [2.45, 2.75) is 45.9 Å². The van der Waals surface area contributed by atoms with Crippen LogP contribution >= 0.6 is 0 Å². The van der Waals surface area contributed by atoms with Gasteiger partial charge in [0.1, 0.15) is 0 Å². The summed E-state index contributed by atoms with van der Waals surface area (Å²) in [6, 6.07) is 11.3. The maximum atomic E-state index is 4.21. The van der Waals surface area contributed by atoms with Gasteiger partial charge in [-0.2, -0.15) is 0 Å². The lowest BCUT2D eigenvalue weighted by Crippen LogP contribution is -2.46. The number of hydrogen-bond acceptors (Lipinski definition) is 3. The Hall–Kier alpha value is -1.68. The van der Waals surface area contributed by atoms with E-state index < -0.39 is 0 Å². The summed E-state index contributed by atoms with van der Waals surface area (Å²) < 4.78 is 2.07. The highest BCUT2D eigenvalue weighted by atomic mass is 15.5. The zero-order valence-electron chi connectivity index (χ0n) is 12.2. The van der Waals surface area contributed by atoms with E-state index in [1.807, 2.05) is 6.20 Å². The average molecular weight is 270 g/mol. The van der Waals surface area contributed by atoms with Gasteiger partial charge in [-0.05, 0) is 11.5 Å². The van der Waals surface area contributed by atoms with E-state index >= 15 is 0 Å². The minimum atomic E-state index is 0.536. The largest absolute Gasteiger partial charge is 0.288 e. The molecule has 1 aromatic carbocycles. The van der Waals surface area contributed by atoms with Crippen molar-refractivity contribution in [2.75, 3.05) is 0 Å². The molecule has 4 nitrogen and oxygen atoms in total. The standard InChI is InChI=1S/C16H22N4/c1-3-13(2)16-12-20-15(9-17-18-20)11-19(16)10-14-7-5-4-6-8-14/h4-9,13,16H,3,10-12H2,1-2H3/t13-,16+/m0/s1. The highest BCUT2D eigenvalue weighted by Crippen LogP contribution is 2.25. The Kier molecular flexibility index (Phi) is 3.83. The van der Waals surface area contributed by atoms with Crippen LogP contribution < -0.4 is 0 Å². The van der Waals surface area contributed by atoms with Gasteiger partial charge in [0.15, 0.2) is 0 Å². The van der Waals surface area contributed by atoms with Gasteiger partial charge in [0.2, 0.25) is 0 Å². The first-order valence-corrected chi connectivity index (χ1v) is 7.43. The SMILES string of the molecule is CC[C@H](C)[C@H]1Cn2nncc2CN1Cc1ccccc1. The van der Waals surface area contributed by atoms with Crippen LogP contribution in [0.5, 0.6) is 0 Å². The summed E-state index contributed by atoms with van der Waals surface area (Å²) in [5.41, 5.74) is 2.60. The van der Waals surface area contributed by atoms with Crippen molar-refractivity contribution in [2.24, 2.45) is 5.92 Å². The number of aromatic nitrogens is 3. The van der Waals surface area contributed by atoms with Crippen LogP contribution in [0.1, 0.15) is 31.5 Å². The molecule has 0 fully saturated rings. The Morgan fingerprint density at radius 3 is 2.85 bits per heavy atom. The van der Waals surface area contributed by atoms with Crippen LogP contribution in [0.3, 0.4) is 0 Å². The van der Waals surface area contributed by atoms with E-state index in [0.717, 1.165) is 19.6 Å². The highest BCUT2D eigenvalue weighted by Gasteiger charge is 2.30. The molecule has 2 atom stereocenters. The van der Waals surface area contributed by atoms with E-state index in [9.17, 15) is 0 Å². The number of nitrogens with zero attached hydrogens (tertiary/aromatic N) is 4. The molecular weight excluding hydrogens is 248 g/mol. The Morgan fingerprint density at radius 2 is 2.10 bits per heavy atom. The van der Waals surface area contributed by atoms with E-state index in [4.69, 9.17) is 0 Å². The van der Waals surface area contributed by atoms with Crippen LogP contribution in [0.4, 0.5) is 0 Å². The van der Waals surface area contributed by atoms with Crippen molar-refractivity contribution < 1.29 is 0 Å². The van der Waals surface area contributed by atoms with Gasteiger partial charge in [0.05, 0.1) is 18.4 Å². The molecule has 1 aliphatic rings. The van der Waals surface area contributed by atoms with Crippen molar-refractivity contribution in [3.63, 3.8) is 0 Å². The second-order valence-corrected chi connectivity index (χ2v) is 5.75. The zero-order valence-corrected chi connectivity index (χ0v) is 12.2. The molecule has 20 heavy (non-hydrogen) atoms. The summed E-state index contributed by atoms with van der Waals surface area (Å²) in [4.78, 5) is 2.57. The summed E-state index contributed by atoms with van der Waals surface area (Å²) in [5.74, 6) is 0.663. The van der Waals surface area contributed by atoms with Gasteiger partial charge in [0.25, 0.3) is 0 Å². The van der Waals surface area contributed by atoms with Gasteiger partial charge >= 0.3 is 0 Å². The van der Waals surface area contributed by atoms with E-state index in [-0.39, 0.29) is 0 Å². The summed E-state index contributed by atoms with van der Waals surface area (Å²) in [6.07, 6.45) is 3.09. The molecule has 0 radical (unpaired) electrons. The third-order valence-electron chi connectivity index (χ3n) is 4.42. The van der Waals surface area contributed by atoms with Gasteiger partial charge < -0.3 is 0 Å². The normalized spacial score (nSPS) is 20.6. The zero-order chi connectivity index (χ0) is 13.9. The molecular formula is C16H22N4. The lowest BCUT2D eigenvalue weighted by Gasteiger charge is -2.39. The third-order valence-corrected chi connectivity index (χ3v) is 4.42. The summed E-state index contributed by atoms with van der Waals surface area (Å²) in [7, 11) is 0. The van der Waals surface area contributed by atoms with Crippen LogP contribution in [-0.2, 0) is 19.6 Å². The van der Waals surface area contributed by atoms with Crippen LogP contribution in [0.25, 0.3) is 0 Å². The molecule has 1 aliphatic heterocycles. The molecule has 0 spiro atoms. The molecule has 2 aromatic rings. The Morgan fingerprint density at radius 1 is 1.30 bits per heavy atom. The molecule has 3 rings (SSSR count). The van der Waals surface area contributed by atoms with Crippen LogP contribution in [0, 0.1) is 5.92 Å². The van der Waals surface area contributed by atoms with E-state index in [1.54, 1.807) is 0 Å². The molecule has 0 bridgehead atoms. The Balaban J connectivity index is 1.83. The van der Waals surface area contributed by atoms with E-state index in [0.29, 0.717) is 12.0 Å². The highest BCUT2D eigenvalue weighted by molar-refractivity contribution is 5.15. The third kappa shape index (κ3) is 2.61. The minimum Gasteiger partial charge on any atom is -0.288 e. The van der Waals surface area contributed by atoms with Gasteiger partial charge in [-0.3, -0.25) is 4.90 Å². The van der Waals surface area contributed by atoms with Gasteiger partial charge in [-0.15, -0.1) is 5.10 Å². The Bertz CT molecular complexity index is 549. The van der Waals surface area contributed by atoms with E-state index in [2.05, 4.69) is 64.1 Å². The quantitative estimate of drug-likeness (QED) is 0.856. The fraction of sp³-hybridized carbons (Fsp3) is 0.500. The number of benzene rings is 1. The lowest BCUT2D eigenvalue weighted by atomic mass is 9.95. The molecule has 0 saturated heterocycles. The average Bonchev–Trinajstić information content (AvgIpc) is 2.94. The fourth-order valence-corrected chi connectivity index (χ4v) is 2.98. The van der Waals surface area contributed by atoms with Crippen molar-refractivity contribution in [3.8, 4) is 0 Å². The monoisotopic (exact) mass is 270 g/mol. The molecule has 0 aliphatic carbocycles. The number of hydrogen-bond donors (Lipinski definition) is 0. The molecule has 0 unspecified atom stereocenters. The molecule has 4 heteroatoms. The topological polar surface area (TPSA) is 34.0 Å². The second-order valence-electron chi connectivity index (χ2n) is 5.75. The van der Waals surface area contributed by atoms with Crippen LogP contribution in [0.15, 0.2) is 36.5 Å². The first-order valence-electron chi connectivity index (χ1n) is 7.43. The Labute approximate surface area is 120 Å². The van der Waals surface area contributed by atoms with Crippen LogP contribution in [0.2, 0.25) is 0 Å². The first kappa shape index (κ1) is 13.3. The lowest BCUT2D eigenvalue weighted by molar-refractivity contribution is 0.0824. The summed E-state index contributed by atoms with van der Waals surface area (Å²) in [5, 5.41) is 8.26. The van der Waals surface area contributed by atoms with Gasteiger partial charge in [-0.1, -0.05) is 55.8 Å². The molecule has 1 aromatic heterocycles. The van der Waals surface area contributed by atoms with Crippen molar-refractivity contribution in [3.05, 3.63) is 47.8 Å². The summed E-state index contributed by atoms with van der Waals surface area (Å²) in [6.45, 7) is 7.50. The molecule has 0 amide bonds. The molecule has 0 saturated carbocycles. The maximum Gasteiger partial charge on any atom is 0.0738 e. The second kappa shape index (κ2) is 5.75. The number of rotatable bonds is 4. The summed E-state index contributed by atoms with van der Waals surface area (Å²) >= 11 is 0. The van der Waals surface area contributed by atoms with Crippen molar-refractivity contribution >= 4 is 0 Å². The molecule has 2 heterocycles. The maximum absolute atomic E-state index is 4.21. The van der Waals surface area contributed by atoms with Gasteiger partial charge in [-0.25, -0.2) is 4.68 Å². The predicted molar refractivity (Wildman–Crippen MR) is 79.0 cm³/mol. The van der Waals surface area contributed by atoms with Crippen molar-refractivity contribution in [1.29, 1.82) is 0 Å². The first-order chi connectivity index (χ1) is 9.78. The minimum absolute atomic E-state index is 0.536. The van der Waals surface area contributed by atoms with Crippen molar-refractivity contribution in [1.82, 2.24) is 19.9 Å². The molecule has 0 N–H and O–H groups in total.